The van der Waals surface area contributed by atoms with Crippen molar-refractivity contribution in [3.05, 3.63) is 69.6 Å². The smallest absolute Gasteiger partial charge is 0.205 e. The van der Waals surface area contributed by atoms with Gasteiger partial charge in [-0.2, -0.15) is 5.26 Å². The van der Waals surface area contributed by atoms with Crippen molar-refractivity contribution in [3.8, 4) is 6.07 Å². The van der Waals surface area contributed by atoms with Gasteiger partial charge in [0.2, 0.25) is 5.90 Å². The number of rotatable bonds is 2. The molecule has 0 saturated heterocycles. The molecule has 0 saturated carbocycles. The zero-order chi connectivity index (χ0) is 17.4. The summed E-state index contributed by atoms with van der Waals surface area (Å²) in [6, 6.07) is 15.7. The lowest BCUT2D eigenvalue weighted by Gasteiger charge is -2.36. The van der Waals surface area contributed by atoms with E-state index in [1.807, 2.05) is 47.8 Å². The molecule has 2 aliphatic rings. The van der Waals surface area contributed by atoms with Crippen LogP contribution in [0.25, 0.3) is 0 Å². The molecule has 1 aliphatic carbocycles. The van der Waals surface area contributed by atoms with Gasteiger partial charge >= 0.3 is 0 Å². The molecular weight excluding hydrogens is 332 g/mol. The van der Waals surface area contributed by atoms with Crippen LogP contribution < -0.4 is 0 Å². The molecule has 5 heteroatoms. The standard InChI is InChI=1S/C20H16N2O2S/c21-11-14-18(12-5-2-1-3-6-12)19-15(23)9-13(17-7-4-8-25-17)10-16(19)24-20(14)22/h1-8,13-14,18,22H,9-10H2. The highest BCUT2D eigenvalue weighted by atomic mass is 32.1. The van der Waals surface area contributed by atoms with Gasteiger partial charge in [0, 0.05) is 35.1 Å². The molecule has 0 fully saturated rings. The Hall–Kier alpha value is -2.71. The Balaban J connectivity index is 1.80. The van der Waals surface area contributed by atoms with Gasteiger partial charge in [-0.1, -0.05) is 36.4 Å². The van der Waals surface area contributed by atoms with Crippen molar-refractivity contribution in [2.45, 2.75) is 24.7 Å². The third kappa shape index (κ3) is 2.69. The largest absolute Gasteiger partial charge is 0.446 e. The van der Waals surface area contributed by atoms with E-state index in [1.54, 1.807) is 11.3 Å². The van der Waals surface area contributed by atoms with Crippen molar-refractivity contribution in [2.24, 2.45) is 5.92 Å². The maximum Gasteiger partial charge on any atom is 0.205 e. The van der Waals surface area contributed by atoms with Crippen LogP contribution in [0, 0.1) is 22.7 Å². The molecule has 3 atom stereocenters. The second-order valence-corrected chi connectivity index (χ2v) is 7.32. The van der Waals surface area contributed by atoms with E-state index < -0.39 is 11.8 Å². The second kappa shape index (κ2) is 6.30. The SMILES string of the molecule is N#CC1C(=N)OC2=C(C(=O)CC(c3cccs3)C2)C1c1ccccc1. The molecule has 2 heterocycles. The number of carbonyl (C=O) groups excluding carboxylic acids is 1. The zero-order valence-corrected chi connectivity index (χ0v) is 14.3. The molecule has 0 amide bonds. The van der Waals surface area contributed by atoms with Crippen LogP contribution in [0.3, 0.4) is 0 Å². The molecule has 1 N–H and O–H groups in total. The van der Waals surface area contributed by atoms with Crippen molar-refractivity contribution in [1.82, 2.24) is 0 Å². The van der Waals surface area contributed by atoms with Crippen molar-refractivity contribution >= 4 is 23.0 Å². The molecule has 0 spiro atoms. The lowest BCUT2D eigenvalue weighted by molar-refractivity contribution is -0.117. The first-order valence-electron chi connectivity index (χ1n) is 8.19. The minimum Gasteiger partial charge on any atom is -0.446 e. The van der Waals surface area contributed by atoms with E-state index in [-0.39, 0.29) is 17.6 Å². The number of carbonyl (C=O) groups is 1. The normalized spacial score (nSPS) is 26.0. The van der Waals surface area contributed by atoms with Gasteiger partial charge < -0.3 is 4.74 Å². The van der Waals surface area contributed by atoms with Crippen LogP contribution in [-0.2, 0) is 9.53 Å². The molecule has 0 bridgehead atoms. The molecule has 1 aromatic carbocycles. The van der Waals surface area contributed by atoms with Gasteiger partial charge in [-0.15, -0.1) is 11.3 Å². The minimum atomic E-state index is -0.761. The number of Topliss-reactive ketones (excluding diaryl/α,β-unsaturated/α-hetero) is 1. The number of hydrogen-bond acceptors (Lipinski definition) is 5. The lowest BCUT2D eigenvalue weighted by Crippen LogP contribution is -2.35. The van der Waals surface area contributed by atoms with Crippen molar-refractivity contribution in [1.29, 1.82) is 10.7 Å². The first kappa shape index (κ1) is 15.8. The van der Waals surface area contributed by atoms with Crippen LogP contribution in [0.1, 0.15) is 35.1 Å². The number of hydrogen-bond donors (Lipinski definition) is 1. The molecule has 1 aromatic heterocycles. The van der Waals surface area contributed by atoms with Gasteiger partial charge in [0.25, 0.3) is 0 Å². The number of allylic oxidation sites excluding steroid dienone is 2. The lowest BCUT2D eigenvalue weighted by atomic mass is 9.72. The number of nitrogens with one attached hydrogen (secondary N) is 1. The van der Waals surface area contributed by atoms with E-state index in [2.05, 4.69) is 6.07 Å². The van der Waals surface area contributed by atoms with Gasteiger partial charge in [-0.05, 0) is 17.0 Å². The summed E-state index contributed by atoms with van der Waals surface area (Å²) in [6.45, 7) is 0. The topological polar surface area (TPSA) is 73.9 Å². The predicted octanol–water partition coefficient (Wildman–Crippen LogP) is 4.38. The summed E-state index contributed by atoms with van der Waals surface area (Å²) in [4.78, 5) is 14.1. The van der Waals surface area contributed by atoms with Crippen LogP contribution in [0.15, 0.2) is 59.2 Å². The molecule has 0 radical (unpaired) electrons. The minimum absolute atomic E-state index is 0.0289. The zero-order valence-electron chi connectivity index (χ0n) is 13.4. The number of nitrogens with zero attached hydrogens (tertiary/aromatic N) is 1. The molecular formula is C20H16N2O2S. The van der Waals surface area contributed by atoms with E-state index in [0.717, 1.165) is 10.4 Å². The van der Waals surface area contributed by atoms with Crippen LogP contribution in [-0.4, -0.2) is 11.7 Å². The third-order valence-electron chi connectivity index (χ3n) is 4.87. The average Bonchev–Trinajstić information content (AvgIpc) is 3.16. The van der Waals surface area contributed by atoms with Gasteiger partial charge in [0.05, 0.1) is 6.07 Å². The molecule has 3 unspecified atom stereocenters. The number of benzene rings is 1. The van der Waals surface area contributed by atoms with Gasteiger partial charge in [0.15, 0.2) is 5.78 Å². The first-order valence-corrected chi connectivity index (χ1v) is 9.07. The Kier molecular flexibility index (Phi) is 3.98. The molecule has 4 nitrogen and oxygen atoms in total. The van der Waals surface area contributed by atoms with Crippen LogP contribution >= 0.6 is 11.3 Å². The van der Waals surface area contributed by atoms with Crippen molar-refractivity contribution in [2.75, 3.05) is 0 Å². The summed E-state index contributed by atoms with van der Waals surface area (Å²) in [5, 5.41) is 19.7. The van der Waals surface area contributed by atoms with E-state index in [9.17, 15) is 10.1 Å². The van der Waals surface area contributed by atoms with Gasteiger partial charge in [-0.3, -0.25) is 10.2 Å². The van der Waals surface area contributed by atoms with E-state index >= 15 is 0 Å². The molecule has 4 rings (SSSR count). The molecule has 124 valence electrons. The fourth-order valence-electron chi connectivity index (χ4n) is 3.73. The number of nitriles is 1. The Morgan fingerprint density at radius 1 is 1.16 bits per heavy atom. The summed E-state index contributed by atoms with van der Waals surface area (Å²) >= 11 is 1.64. The highest BCUT2D eigenvalue weighted by molar-refractivity contribution is 7.10. The predicted molar refractivity (Wildman–Crippen MR) is 95.4 cm³/mol. The first-order chi connectivity index (χ1) is 12.2. The monoisotopic (exact) mass is 348 g/mol. The van der Waals surface area contributed by atoms with E-state index in [4.69, 9.17) is 10.1 Å². The van der Waals surface area contributed by atoms with Gasteiger partial charge in [0.1, 0.15) is 11.7 Å². The van der Waals surface area contributed by atoms with Gasteiger partial charge in [-0.25, -0.2) is 0 Å². The summed E-state index contributed by atoms with van der Waals surface area (Å²) in [5.74, 6) is -0.548. The highest BCUT2D eigenvalue weighted by Crippen LogP contribution is 2.47. The second-order valence-electron chi connectivity index (χ2n) is 6.34. The Morgan fingerprint density at radius 2 is 1.96 bits per heavy atom. The van der Waals surface area contributed by atoms with Crippen molar-refractivity contribution < 1.29 is 9.53 Å². The number of ether oxygens (including phenoxy) is 1. The fraction of sp³-hybridized carbons (Fsp3) is 0.250. The quantitative estimate of drug-likeness (QED) is 0.875. The molecule has 25 heavy (non-hydrogen) atoms. The van der Waals surface area contributed by atoms with Crippen LogP contribution in [0.4, 0.5) is 0 Å². The fourth-order valence-corrected chi connectivity index (χ4v) is 4.56. The number of ketones is 1. The van der Waals surface area contributed by atoms with E-state index in [1.165, 1.54) is 0 Å². The Labute approximate surface area is 149 Å². The van der Waals surface area contributed by atoms with E-state index in [0.29, 0.717) is 24.2 Å². The molecule has 2 aromatic rings. The molecule has 1 aliphatic heterocycles. The van der Waals surface area contributed by atoms with Crippen molar-refractivity contribution in [3.63, 3.8) is 0 Å². The summed E-state index contributed by atoms with van der Waals surface area (Å²) in [7, 11) is 0. The number of thiophene rings is 1. The maximum absolute atomic E-state index is 13.0. The highest BCUT2D eigenvalue weighted by Gasteiger charge is 2.44. The maximum atomic E-state index is 13.0. The summed E-state index contributed by atoms with van der Waals surface area (Å²) in [5.41, 5.74) is 1.47. The Bertz CT molecular complexity index is 894. The summed E-state index contributed by atoms with van der Waals surface area (Å²) in [6.07, 6.45) is 1.03. The average molecular weight is 348 g/mol. The Morgan fingerprint density at radius 3 is 2.64 bits per heavy atom. The van der Waals surface area contributed by atoms with Crippen LogP contribution in [0.2, 0.25) is 0 Å². The third-order valence-corrected chi connectivity index (χ3v) is 5.90. The summed E-state index contributed by atoms with van der Waals surface area (Å²) < 4.78 is 5.67. The van der Waals surface area contributed by atoms with Crippen LogP contribution in [0.5, 0.6) is 0 Å².